The molecule has 4 rings (SSSR count). The minimum absolute atomic E-state index is 0.0350. The number of thiophene rings is 1. The maximum atomic E-state index is 13.1. The SMILES string of the molecule is COc1ccc(C(C)=O)cc1CSCC(=O)Nn1cnc2scc(-c3ccccc3)c2c1=O. The van der Waals surface area contributed by atoms with Gasteiger partial charge in [0, 0.05) is 27.8 Å². The number of aromatic nitrogens is 2. The number of nitrogens with one attached hydrogen (secondary N) is 1. The third kappa shape index (κ3) is 4.99. The highest BCUT2D eigenvalue weighted by Gasteiger charge is 2.15. The van der Waals surface area contributed by atoms with E-state index in [1.165, 1.54) is 36.3 Å². The van der Waals surface area contributed by atoms with Crippen molar-refractivity contribution in [2.45, 2.75) is 12.7 Å². The zero-order valence-corrected chi connectivity index (χ0v) is 19.7. The number of hydrogen-bond acceptors (Lipinski definition) is 7. The first-order valence-electron chi connectivity index (χ1n) is 10.1. The Hall–Kier alpha value is -3.43. The van der Waals surface area contributed by atoms with Gasteiger partial charge < -0.3 is 4.74 Å². The number of ether oxygens (including phenoxy) is 1. The standard InChI is InChI=1S/C24H21N3O4S2/c1-15(28)17-8-9-20(31-2)18(10-17)11-32-13-21(29)26-27-14-25-23-22(24(27)30)19(12-33-23)16-6-4-3-5-7-16/h3-10,12,14H,11,13H2,1-2H3,(H,26,29). The van der Waals surface area contributed by atoms with Crippen LogP contribution in [0.1, 0.15) is 22.8 Å². The van der Waals surface area contributed by atoms with Crippen LogP contribution in [0.25, 0.3) is 21.3 Å². The fraction of sp³-hybridized carbons (Fsp3) is 0.167. The highest BCUT2D eigenvalue weighted by Crippen LogP contribution is 2.30. The van der Waals surface area contributed by atoms with E-state index in [9.17, 15) is 14.4 Å². The van der Waals surface area contributed by atoms with Crippen LogP contribution >= 0.6 is 23.1 Å². The van der Waals surface area contributed by atoms with E-state index in [1.54, 1.807) is 25.3 Å². The van der Waals surface area contributed by atoms with Gasteiger partial charge in [-0.15, -0.1) is 23.1 Å². The number of methoxy groups -OCH3 is 1. The van der Waals surface area contributed by atoms with Crippen LogP contribution in [0.2, 0.25) is 0 Å². The average molecular weight is 480 g/mol. The first-order chi connectivity index (χ1) is 16.0. The Morgan fingerprint density at radius 2 is 1.97 bits per heavy atom. The van der Waals surface area contributed by atoms with Crippen LogP contribution in [-0.2, 0) is 10.5 Å². The van der Waals surface area contributed by atoms with Crippen LogP contribution < -0.4 is 15.7 Å². The molecule has 4 aromatic rings. The minimum atomic E-state index is -0.332. The molecule has 1 amide bonds. The zero-order valence-electron chi connectivity index (χ0n) is 18.0. The minimum Gasteiger partial charge on any atom is -0.496 e. The molecule has 0 fully saturated rings. The van der Waals surface area contributed by atoms with Gasteiger partial charge in [0.05, 0.1) is 18.2 Å². The average Bonchev–Trinajstić information content (AvgIpc) is 3.26. The fourth-order valence-electron chi connectivity index (χ4n) is 3.37. The molecular formula is C24H21N3O4S2. The number of ketones is 1. The van der Waals surface area contributed by atoms with Crippen LogP contribution in [-0.4, -0.2) is 34.2 Å². The van der Waals surface area contributed by atoms with Crippen molar-refractivity contribution in [1.82, 2.24) is 9.66 Å². The number of thioether (sulfide) groups is 1. The molecule has 0 spiro atoms. The number of fused-ring (bicyclic) bond motifs is 1. The summed E-state index contributed by atoms with van der Waals surface area (Å²) in [6.07, 6.45) is 1.33. The van der Waals surface area contributed by atoms with Gasteiger partial charge in [-0.25, -0.2) is 9.66 Å². The van der Waals surface area contributed by atoms with E-state index in [-0.39, 0.29) is 23.0 Å². The highest BCUT2D eigenvalue weighted by atomic mass is 32.2. The van der Waals surface area contributed by atoms with Crippen LogP contribution in [0.4, 0.5) is 0 Å². The molecule has 1 N–H and O–H groups in total. The summed E-state index contributed by atoms with van der Waals surface area (Å²) in [6.45, 7) is 1.51. The normalized spacial score (nSPS) is 10.8. The molecular weight excluding hydrogens is 458 g/mol. The zero-order chi connectivity index (χ0) is 23.4. The number of nitrogens with zero attached hydrogens (tertiary/aromatic N) is 2. The number of rotatable bonds is 8. The quantitative estimate of drug-likeness (QED) is 0.378. The van der Waals surface area contributed by atoms with Gasteiger partial charge in [0.2, 0.25) is 5.91 Å². The Morgan fingerprint density at radius 3 is 2.70 bits per heavy atom. The summed E-state index contributed by atoms with van der Waals surface area (Å²) in [6, 6.07) is 14.8. The van der Waals surface area contributed by atoms with Crippen molar-refractivity contribution in [3.8, 4) is 16.9 Å². The molecule has 33 heavy (non-hydrogen) atoms. The maximum Gasteiger partial charge on any atom is 0.281 e. The summed E-state index contributed by atoms with van der Waals surface area (Å²) in [7, 11) is 1.56. The smallest absolute Gasteiger partial charge is 0.281 e. The van der Waals surface area contributed by atoms with Crippen molar-refractivity contribution in [3.05, 3.63) is 81.7 Å². The van der Waals surface area contributed by atoms with Crippen molar-refractivity contribution in [2.75, 3.05) is 18.3 Å². The van der Waals surface area contributed by atoms with Gasteiger partial charge in [-0.1, -0.05) is 30.3 Å². The lowest BCUT2D eigenvalue weighted by Gasteiger charge is -2.11. The van der Waals surface area contributed by atoms with Crippen LogP contribution in [0, 0.1) is 0 Å². The first-order valence-corrected chi connectivity index (χ1v) is 12.1. The third-order valence-electron chi connectivity index (χ3n) is 5.00. The number of benzene rings is 2. The molecule has 2 aromatic carbocycles. The number of amides is 1. The molecule has 0 saturated heterocycles. The van der Waals surface area contributed by atoms with Gasteiger partial charge in [0.15, 0.2) is 5.78 Å². The maximum absolute atomic E-state index is 13.1. The van der Waals surface area contributed by atoms with Crippen molar-refractivity contribution < 1.29 is 14.3 Å². The molecule has 0 aliphatic carbocycles. The van der Waals surface area contributed by atoms with Crippen LogP contribution in [0.5, 0.6) is 5.75 Å². The number of Topliss-reactive ketones (excluding diaryl/α,β-unsaturated/α-hetero) is 1. The predicted octanol–water partition coefficient (Wildman–Crippen LogP) is 4.34. The molecule has 0 atom stereocenters. The molecule has 0 unspecified atom stereocenters. The van der Waals surface area contributed by atoms with Crippen LogP contribution in [0.15, 0.2) is 65.0 Å². The largest absolute Gasteiger partial charge is 0.496 e. The molecule has 0 bridgehead atoms. The molecule has 9 heteroatoms. The van der Waals surface area contributed by atoms with Gasteiger partial charge in [0.25, 0.3) is 5.56 Å². The highest BCUT2D eigenvalue weighted by molar-refractivity contribution is 7.99. The molecule has 168 valence electrons. The third-order valence-corrected chi connectivity index (χ3v) is 6.87. The Morgan fingerprint density at radius 1 is 1.18 bits per heavy atom. The molecule has 0 aliphatic rings. The summed E-state index contributed by atoms with van der Waals surface area (Å²) < 4.78 is 6.48. The van der Waals surface area contributed by atoms with E-state index < -0.39 is 0 Å². The Labute approximate surface area is 198 Å². The first kappa shape index (κ1) is 22.8. The van der Waals surface area contributed by atoms with E-state index in [2.05, 4.69) is 10.4 Å². The number of carbonyl (C=O) groups is 2. The molecule has 0 radical (unpaired) electrons. The Bertz CT molecular complexity index is 1380. The summed E-state index contributed by atoms with van der Waals surface area (Å²) in [4.78, 5) is 42.2. The topological polar surface area (TPSA) is 90.3 Å². The lowest BCUT2D eigenvalue weighted by Crippen LogP contribution is -2.34. The monoisotopic (exact) mass is 479 g/mol. The molecule has 0 saturated carbocycles. The van der Waals surface area contributed by atoms with Gasteiger partial charge in [-0.3, -0.25) is 19.8 Å². The Kier molecular flexibility index (Phi) is 6.90. The lowest BCUT2D eigenvalue weighted by atomic mass is 10.1. The van der Waals surface area contributed by atoms with Crippen molar-refractivity contribution >= 4 is 45.0 Å². The van der Waals surface area contributed by atoms with Crippen molar-refractivity contribution in [1.29, 1.82) is 0 Å². The summed E-state index contributed by atoms with van der Waals surface area (Å²) in [5.74, 6) is 0.887. The number of hydrogen-bond donors (Lipinski definition) is 1. The summed E-state index contributed by atoms with van der Waals surface area (Å²) >= 11 is 2.75. The van der Waals surface area contributed by atoms with E-state index in [1.807, 2.05) is 35.7 Å². The summed E-state index contributed by atoms with van der Waals surface area (Å²) in [5.41, 5.74) is 5.42. The fourth-order valence-corrected chi connectivity index (χ4v) is 5.08. The van der Waals surface area contributed by atoms with E-state index in [4.69, 9.17) is 4.74 Å². The number of carbonyl (C=O) groups excluding carboxylic acids is 2. The molecule has 0 aliphatic heterocycles. The van der Waals surface area contributed by atoms with Gasteiger partial charge in [0.1, 0.15) is 16.9 Å². The Balaban J connectivity index is 1.47. The van der Waals surface area contributed by atoms with Gasteiger partial charge in [-0.05, 0) is 30.7 Å². The second-order valence-electron chi connectivity index (χ2n) is 7.23. The van der Waals surface area contributed by atoms with E-state index in [0.29, 0.717) is 27.3 Å². The van der Waals surface area contributed by atoms with Crippen LogP contribution in [0.3, 0.4) is 0 Å². The van der Waals surface area contributed by atoms with Crippen molar-refractivity contribution in [2.24, 2.45) is 0 Å². The van der Waals surface area contributed by atoms with Gasteiger partial charge in [-0.2, -0.15) is 0 Å². The van der Waals surface area contributed by atoms with Gasteiger partial charge >= 0.3 is 0 Å². The summed E-state index contributed by atoms with van der Waals surface area (Å²) in [5, 5.41) is 2.38. The van der Waals surface area contributed by atoms with E-state index >= 15 is 0 Å². The second kappa shape index (κ2) is 10.0. The molecule has 2 aromatic heterocycles. The van der Waals surface area contributed by atoms with E-state index in [0.717, 1.165) is 21.4 Å². The molecule has 7 nitrogen and oxygen atoms in total. The lowest BCUT2D eigenvalue weighted by molar-refractivity contribution is -0.114. The predicted molar refractivity (Wildman–Crippen MR) is 133 cm³/mol. The molecule has 2 heterocycles. The van der Waals surface area contributed by atoms with Crippen molar-refractivity contribution in [3.63, 3.8) is 0 Å². The second-order valence-corrected chi connectivity index (χ2v) is 9.07.